The molecule has 0 radical (unpaired) electrons. The van der Waals surface area contributed by atoms with Crippen molar-refractivity contribution in [1.29, 1.82) is 0 Å². The Morgan fingerprint density at radius 2 is 1.23 bits per heavy atom. The normalized spacial score (nSPS) is 10.9. The molecular weight excluding hydrogens is 579 g/mol. The minimum absolute atomic E-state index is 0. The van der Waals surface area contributed by atoms with Crippen LogP contribution < -0.4 is 5.30 Å². The summed E-state index contributed by atoms with van der Waals surface area (Å²) in [6, 6.07) is 52.5. The summed E-state index contributed by atoms with van der Waals surface area (Å²) in [6.45, 7) is 4.59. The molecule has 6 aromatic carbocycles. The summed E-state index contributed by atoms with van der Waals surface area (Å²) >= 11 is 0. The van der Waals surface area contributed by atoms with Crippen LogP contribution in [0.3, 0.4) is 0 Å². The van der Waals surface area contributed by atoms with E-state index in [1.165, 1.54) is 49.5 Å². The molecule has 0 fully saturated rings. The van der Waals surface area contributed by atoms with Crippen molar-refractivity contribution in [2.45, 2.75) is 19.3 Å². The number of hydrogen-bond acceptors (Lipinski definition) is 0. The number of aryl methyl sites for hydroxylation is 2. The molecular formula is C38H35PZr. The third-order valence-electron chi connectivity index (χ3n) is 7.12. The van der Waals surface area contributed by atoms with Gasteiger partial charge in [0.15, 0.2) is 0 Å². The molecule has 0 spiro atoms. The van der Waals surface area contributed by atoms with E-state index < -0.39 is 0 Å². The molecule has 0 atom stereocenters. The summed E-state index contributed by atoms with van der Waals surface area (Å²) in [5, 5.41) is 4.26. The summed E-state index contributed by atoms with van der Waals surface area (Å²) in [5.74, 6) is 0. The van der Waals surface area contributed by atoms with Crippen LogP contribution in [0.1, 0.15) is 22.3 Å². The molecule has 1 aliphatic rings. The summed E-state index contributed by atoms with van der Waals surface area (Å²) in [4.78, 5) is 0. The van der Waals surface area contributed by atoms with Gasteiger partial charge in [0.1, 0.15) is 0 Å². The maximum atomic E-state index is 3.30. The molecule has 1 aliphatic carbocycles. The maximum absolute atomic E-state index is 3.30. The third-order valence-corrected chi connectivity index (χ3v) is 8.41. The molecule has 0 nitrogen and oxygen atoms in total. The Balaban J connectivity index is 0.000000137. The fraction of sp³-hybridized carbons (Fsp3) is 0.132. The Labute approximate surface area is 260 Å². The van der Waals surface area contributed by atoms with E-state index in [1.807, 2.05) is 6.07 Å². The Bertz CT molecular complexity index is 1480. The second kappa shape index (κ2) is 15.1. The zero-order valence-corrected chi connectivity index (χ0v) is 26.7. The molecule has 0 heterocycles. The zero-order valence-electron chi connectivity index (χ0n) is 23.3. The van der Waals surface area contributed by atoms with Gasteiger partial charge in [-0.3, -0.25) is 0 Å². The van der Waals surface area contributed by atoms with Gasteiger partial charge in [-0.1, -0.05) is 102 Å². The van der Waals surface area contributed by atoms with Gasteiger partial charge in [0.05, 0.1) is 0 Å². The van der Waals surface area contributed by atoms with Crippen LogP contribution in [0.5, 0.6) is 0 Å². The van der Waals surface area contributed by atoms with Crippen molar-refractivity contribution in [3.8, 4) is 11.1 Å². The van der Waals surface area contributed by atoms with Gasteiger partial charge in [0.2, 0.25) is 0 Å². The summed E-state index contributed by atoms with van der Waals surface area (Å²) in [5.41, 5.74) is 8.34. The van der Waals surface area contributed by atoms with Gasteiger partial charge in [-0.15, -0.1) is 53.8 Å². The first-order valence-corrected chi connectivity index (χ1v) is 15.9. The van der Waals surface area contributed by atoms with E-state index in [9.17, 15) is 0 Å². The molecule has 0 amide bonds. The Kier molecular flexibility index (Phi) is 11.4. The van der Waals surface area contributed by atoms with E-state index in [0.29, 0.717) is 0 Å². The van der Waals surface area contributed by atoms with Crippen LogP contribution in [0, 0.1) is 6.07 Å². The van der Waals surface area contributed by atoms with Crippen molar-refractivity contribution < 1.29 is 26.2 Å². The summed E-state index contributed by atoms with van der Waals surface area (Å²) in [6.07, 6.45) is 3.31. The van der Waals surface area contributed by atoms with Gasteiger partial charge in [0.25, 0.3) is 0 Å². The average Bonchev–Trinajstić information content (AvgIpc) is 3.60. The van der Waals surface area contributed by atoms with Crippen LogP contribution in [-0.4, -0.2) is 13.3 Å². The van der Waals surface area contributed by atoms with Gasteiger partial charge in [-0.25, -0.2) is 0 Å². The van der Waals surface area contributed by atoms with Crippen LogP contribution in [0.15, 0.2) is 140 Å². The van der Waals surface area contributed by atoms with Crippen LogP contribution in [0.2, 0.25) is 0 Å². The molecule has 2 heteroatoms. The van der Waals surface area contributed by atoms with E-state index in [-0.39, 0.29) is 34.1 Å². The topological polar surface area (TPSA) is 0 Å². The molecule has 0 bridgehead atoms. The minimum atomic E-state index is 0. The van der Waals surface area contributed by atoms with Crippen molar-refractivity contribution in [2.75, 3.05) is 13.3 Å². The molecule has 0 N–H and O–H groups in total. The SMILES string of the molecule is CP(C)c1cc2ccccc2[cH-]1.[Zr+2].[c-]1cccc2c1Cc1ccccc1-2.c1ccc(CCc2ccccc2)cc1. The maximum Gasteiger partial charge on any atom is 2.00 e. The zero-order chi connectivity index (χ0) is 26.9. The monoisotopic (exact) mass is 612 g/mol. The first-order valence-electron chi connectivity index (χ1n) is 13.7. The minimum Gasteiger partial charge on any atom is -0.179 e. The number of benzene rings is 5. The molecule has 0 saturated carbocycles. The van der Waals surface area contributed by atoms with Crippen molar-refractivity contribution in [3.05, 3.63) is 168 Å². The Morgan fingerprint density at radius 3 is 1.88 bits per heavy atom. The quantitative estimate of drug-likeness (QED) is 0.137. The Morgan fingerprint density at radius 1 is 0.650 bits per heavy atom. The van der Waals surface area contributed by atoms with Crippen molar-refractivity contribution >= 4 is 24.0 Å². The van der Waals surface area contributed by atoms with Gasteiger partial charge >= 0.3 is 26.2 Å². The van der Waals surface area contributed by atoms with Gasteiger partial charge in [0, 0.05) is 0 Å². The third kappa shape index (κ3) is 8.04. The van der Waals surface area contributed by atoms with E-state index >= 15 is 0 Å². The standard InChI is InChI=1S/C14H14.C13H9.C11H12P.Zr/c1-3-7-13(8-4-1)11-12-14-9-5-2-6-10-14;1-3-7-12-10(5-1)9-11-6-2-4-8-13(11)12;1-12(2)11-7-9-5-3-4-6-10(9)8-11;/h1-10H,11-12H2;1-5,7-8H,9H2;3-8H,1-2H3;/q;2*-1;+2. The molecule has 0 saturated heterocycles. The van der Waals surface area contributed by atoms with Crippen molar-refractivity contribution in [2.24, 2.45) is 0 Å². The molecule has 0 aliphatic heterocycles. The van der Waals surface area contributed by atoms with Crippen molar-refractivity contribution in [3.63, 3.8) is 0 Å². The average molecular weight is 614 g/mol. The molecule has 6 aromatic rings. The second-order valence-electron chi connectivity index (χ2n) is 10.1. The van der Waals surface area contributed by atoms with Crippen LogP contribution >= 0.6 is 7.92 Å². The fourth-order valence-electron chi connectivity index (χ4n) is 4.97. The number of rotatable bonds is 4. The Hall–Kier alpha value is -2.98. The van der Waals surface area contributed by atoms with Gasteiger partial charge in [-0.2, -0.15) is 35.9 Å². The van der Waals surface area contributed by atoms with Crippen LogP contribution in [0.25, 0.3) is 21.9 Å². The van der Waals surface area contributed by atoms with Gasteiger partial charge in [-0.05, 0) is 43.7 Å². The van der Waals surface area contributed by atoms with Crippen LogP contribution in [-0.2, 0) is 45.5 Å². The summed E-state index contributed by atoms with van der Waals surface area (Å²) < 4.78 is 0. The van der Waals surface area contributed by atoms with E-state index in [2.05, 4.69) is 153 Å². The van der Waals surface area contributed by atoms with Crippen molar-refractivity contribution in [1.82, 2.24) is 0 Å². The largest absolute Gasteiger partial charge is 2.00 e. The molecule has 0 aromatic heterocycles. The van der Waals surface area contributed by atoms with E-state index in [1.54, 1.807) is 0 Å². The second-order valence-corrected chi connectivity index (χ2v) is 12.4. The van der Waals surface area contributed by atoms with E-state index in [0.717, 1.165) is 19.3 Å². The summed E-state index contributed by atoms with van der Waals surface area (Å²) in [7, 11) is 0.0576. The van der Waals surface area contributed by atoms with E-state index in [4.69, 9.17) is 0 Å². The first-order chi connectivity index (χ1) is 19.2. The predicted molar refractivity (Wildman–Crippen MR) is 172 cm³/mol. The fourth-order valence-corrected chi connectivity index (χ4v) is 5.76. The molecule has 0 unspecified atom stereocenters. The molecule has 7 rings (SSSR count). The van der Waals surface area contributed by atoms with Gasteiger partial charge < -0.3 is 0 Å². The number of hydrogen-bond donors (Lipinski definition) is 0. The first kappa shape index (κ1) is 30.0. The van der Waals surface area contributed by atoms with Crippen LogP contribution in [0.4, 0.5) is 0 Å². The molecule has 196 valence electrons. The molecule has 40 heavy (non-hydrogen) atoms. The smallest absolute Gasteiger partial charge is 0.179 e. The predicted octanol–water partition coefficient (Wildman–Crippen LogP) is 9.45. The number of fused-ring (bicyclic) bond motifs is 4.